The zero-order valence-electron chi connectivity index (χ0n) is 12.2. The Kier molecular flexibility index (Phi) is 3.71. The van der Waals surface area contributed by atoms with E-state index >= 15 is 0 Å². The Morgan fingerprint density at radius 3 is 2.38 bits per heavy atom. The Balaban J connectivity index is 2.03. The molecule has 0 bridgehead atoms. The van der Waals surface area contributed by atoms with Crippen molar-refractivity contribution in [3.8, 4) is 11.5 Å². The largest absolute Gasteiger partial charge is 0.454 e. The van der Waals surface area contributed by atoms with Crippen molar-refractivity contribution in [1.29, 1.82) is 0 Å². The summed E-state index contributed by atoms with van der Waals surface area (Å²) in [6.07, 6.45) is -0.707. The van der Waals surface area contributed by atoms with E-state index in [1.807, 2.05) is 42.5 Å². The van der Waals surface area contributed by atoms with Crippen LogP contribution >= 0.6 is 0 Å². The van der Waals surface area contributed by atoms with Gasteiger partial charge in [0.15, 0.2) is 11.5 Å². The summed E-state index contributed by atoms with van der Waals surface area (Å²) in [5.41, 5.74) is 2.51. The lowest BCUT2D eigenvalue weighted by Gasteiger charge is -2.19. The number of anilines is 1. The van der Waals surface area contributed by atoms with Crippen molar-refractivity contribution >= 4 is 5.69 Å². The summed E-state index contributed by atoms with van der Waals surface area (Å²) in [7, 11) is 0. The molecule has 1 unspecified atom stereocenters. The van der Waals surface area contributed by atoms with Crippen LogP contribution in [0.1, 0.15) is 31.1 Å². The Hall–Kier alpha value is -2.20. The quantitative estimate of drug-likeness (QED) is 0.905. The monoisotopic (exact) mass is 285 g/mol. The molecule has 0 saturated heterocycles. The molecule has 0 fully saturated rings. The van der Waals surface area contributed by atoms with Gasteiger partial charge in [0, 0.05) is 23.4 Å². The van der Waals surface area contributed by atoms with Crippen LogP contribution in [-0.4, -0.2) is 17.9 Å². The molecule has 4 nitrogen and oxygen atoms in total. The van der Waals surface area contributed by atoms with Crippen molar-refractivity contribution in [3.05, 3.63) is 53.6 Å². The van der Waals surface area contributed by atoms with Gasteiger partial charge in [0.25, 0.3) is 0 Å². The zero-order chi connectivity index (χ0) is 14.8. The van der Waals surface area contributed by atoms with Gasteiger partial charge in [0.2, 0.25) is 6.79 Å². The molecular weight excluding hydrogens is 266 g/mol. The van der Waals surface area contributed by atoms with E-state index in [1.54, 1.807) is 0 Å². The average molecular weight is 285 g/mol. The van der Waals surface area contributed by atoms with Crippen LogP contribution in [0.4, 0.5) is 5.69 Å². The first-order chi connectivity index (χ1) is 10.1. The molecule has 0 aliphatic carbocycles. The van der Waals surface area contributed by atoms with Crippen LogP contribution in [0.25, 0.3) is 0 Å². The minimum Gasteiger partial charge on any atom is -0.454 e. The molecule has 2 N–H and O–H groups in total. The van der Waals surface area contributed by atoms with Crippen LogP contribution in [0, 0.1) is 0 Å². The Morgan fingerprint density at radius 1 is 1.05 bits per heavy atom. The maximum atomic E-state index is 10.7. The first-order valence-corrected chi connectivity index (χ1v) is 7.08. The summed E-state index contributed by atoms with van der Waals surface area (Å²) < 4.78 is 10.8. The lowest BCUT2D eigenvalue weighted by Crippen LogP contribution is -2.13. The molecule has 4 heteroatoms. The number of nitrogens with one attached hydrogen (secondary N) is 1. The maximum absolute atomic E-state index is 10.7. The van der Waals surface area contributed by atoms with E-state index in [0.717, 1.165) is 16.8 Å². The molecule has 3 rings (SSSR count). The smallest absolute Gasteiger partial charge is 0.231 e. The molecule has 2 aromatic rings. The average Bonchev–Trinajstić information content (AvgIpc) is 2.93. The fourth-order valence-corrected chi connectivity index (χ4v) is 2.43. The number of hydrogen-bond acceptors (Lipinski definition) is 4. The second-order valence-corrected chi connectivity index (χ2v) is 5.40. The normalized spacial score (nSPS) is 14.3. The predicted molar refractivity (Wildman–Crippen MR) is 81.8 cm³/mol. The maximum Gasteiger partial charge on any atom is 0.231 e. The fraction of sp³-hybridized carbons (Fsp3) is 0.294. The summed E-state index contributed by atoms with van der Waals surface area (Å²) >= 11 is 0. The number of rotatable bonds is 4. The van der Waals surface area contributed by atoms with Crippen LogP contribution in [0.5, 0.6) is 11.5 Å². The van der Waals surface area contributed by atoms with E-state index in [0.29, 0.717) is 11.5 Å². The molecule has 0 amide bonds. The molecule has 1 heterocycles. The highest BCUT2D eigenvalue weighted by atomic mass is 16.7. The summed E-state index contributed by atoms with van der Waals surface area (Å²) in [6, 6.07) is 13.6. The van der Waals surface area contributed by atoms with E-state index in [4.69, 9.17) is 9.47 Å². The predicted octanol–water partition coefficient (Wildman–Crippen LogP) is 3.32. The molecule has 0 radical (unpaired) electrons. The molecule has 1 atom stereocenters. The third kappa shape index (κ3) is 2.81. The molecule has 1 aliphatic heterocycles. The van der Waals surface area contributed by atoms with Gasteiger partial charge in [-0.2, -0.15) is 0 Å². The first-order valence-electron chi connectivity index (χ1n) is 7.08. The fourth-order valence-electron chi connectivity index (χ4n) is 2.43. The summed E-state index contributed by atoms with van der Waals surface area (Å²) in [4.78, 5) is 0. The molecule has 21 heavy (non-hydrogen) atoms. The first kappa shape index (κ1) is 13.8. The summed E-state index contributed by atoms with van der Waals surface area (Å²) in [5.74, 6) is 1.39. The van der Waals surface area contributed by atoms with Crippen LogP contribution < -0.4 is 14.8 Å². The van der Waals surface area contributed by atoms with E-state index in [9.17, 15) is 5.11 Å². The molecule has 2 aromatic carbocycles. The second kappa shape index (κ2) is 5.66. The zero-order valence-corrected chi connectivity index (χ0v) is 12.2. The topological polar surface area (TPSA) is 50.7 Å². The lowest BCUT2D eigenvalue weighted by molar-refractivity contribution is 0.173. The van der Waals surface area contributed by atoms with Crippen LogP contribution in [0.2, 0.25) is 0 Å². The number of aliphatic hydroxyl groups excluding tert-OH is 1. The molecule has 0 spiro atoms. The number of hydrogen-bond donors (Lipinski definition) is 2. The van der Waals surface area contributed by atoms with Gasteiger partial charge < -0.3 is 19.9 Å². The lowest BCUT2D eigenvalue weighted by atomic mass is 9.99. The number of aliphatic hydroxyl groups is 1. The Labute approximate surface area is 124 Å². The third-order valence-electron chi connectivity index (χ3n) is 3.40. The summed E-state index contributed by atoms with van der Waals surface area (Å²) in [5, 5.41) is 14.0. The van der Waals surface area contributed by atoms with Gasteiger partial charge in [-0.1, -0.05) is 30.3 Å². The van der Waals surface area contributed by atoms with Crippen molar-refractivity contribution in [1.82, 2.24) is 0 Å². The van der Waals surface area contributed by atoms with Gasteiger partial charge in [-0.25, -0.2) is 0 Å². The van der Waals surface area contributed by atoms with Crippen LogP contribution in [0.3, 0.4) is 0 Å². The van der Waals surface area contributed by atoms with Gasteiger partial charge in [-0.15, -0.1) is 0 Å². The number of benzene rings is 2. The Bertz CT molecular complexity index is 625. The highest BCUT2D eigenvalue weighted by Gasteiger charge is 2.22. The molecular formula is C17H19NO3. The molecule has 0 aromatic heterocycles. The van der Waals surface area contributed by atoms with Gasteiger partial charge in [-0.05, 0) is 25.5 Å². The highest BCUT2D eigenvalue weighted by molar-refractivity contribution is 5.63. The number of ether oxygens (including phenoxy) is 2. The van der Waals surface area contributed by atoms with Crippen LogP contribution in [-0.2, 0) is 0 Å². The minimum atomic E-state index is -0.707. The van der Waals surface area contributed by atoms with Gasteiger partial charge in [0.05, 0.1) is 0 Å². The number of fused-ring (bicyclic) bond motifs is 1. The Morgan fingerprint density at radius 2 is 1.71 bits per heavy atom. The second-order valence-electron chi connectivity index (χ2n) is 5.40. The summed E-state index contributed by atoms with van der Waals surface area (Å²) in [6.45, 7) is 4.34. The van der Waals surface area contributed by atoms with Gasteiger partial charge >= 0.3 is 0 Å². The van der Waals surface area contributed by atoms with E-state index < -0.39 is 6.10 Å². The minimum absolute atomic E-state index is 0.224. The van der Waals surface area contributed by atoms with E-state index in [2.05, 4.69) is 19.2 Å². The van der Waals surface area contributed by atoms with Crippen molar-refractivity contribution in [2.45, 2.75) is 26.0 Å². The third-order valence-corrected chi connectivity index (χ3v) is 3.40. The van der Waals surface area contributed by atoms with Crippen molar-refractivity contribution < 1.29 is 14.6 Å². The highest BCUT2D eigenvalue weighted by Crippen LogP contribution is 2.40. The van der Waals surface area contributed by atoms with Gasteiger partial charge in [0.1, 0.15) is 6.10 Å². The van der Waals surface area contributed by atoms with Crippen LogP contribution in [0.15, 0.2) is 42.5 Å². The van der Waals surface area contributed by atoms with Crippen molar-refractivity contribution in [2.24, 2.45) is 0 Å². The van der Waals surface area contributed by atoms with E-state index in [1.165, 1.54) is 0 Å². The van der Waals surface area contributed by atoms with Crippen molar-refractivity contribution in [3.63, 3.8) is 0 Å². The standard InChI is InChI=1S/C17H19NO3/c1-11(2)18-14-9-16-15(20-10-21-16)8-13(14)17(19)12-6-4-3-5-7-12/h3-9,11,17-19H,10H2,1-2H3. The van der Waals surface area contributed by atoms with Gasteiger partial charge in [-0.3, -0.25) is 0 Å². The van der Waals surface area contributed by atoms with E-state index in [-0.39, 0.29) is 12.8 Å². The molecule has 110 valence electrons. The molecule has 0 saturated carbocycles. The molecule has 1 aliphatic rings. The van der Waals surface area contributed by atoms with Crippen molar-refractivity contribution in [2.75, 3.05) is 12.1 Å². The SMILES string of the molecule is CC(C)Nc1cc2c(cc1C(O)c1ccccc1)OCO2.